The highest BCUT2D eigenvalue weighted by Gasteiger charge is 1.68. The van der Waals surface area contributed by atoms with E-state index in [1.807, 2.05) is 0 Å². The Morgan fingerprint density at radius 2 is 2.12 bits per heavy atom. The van der Waals surface area contributed by atoms with Crippen molar-refractivity contribution in [1.29, 1.82) is 0 Å². The maximum absolute atomic E-state index is 4.50. The third-order valence-electron chi connectivity index (χ3n) is 0.195. The highest BCUT2D eigenvalue weighted by Crippen LogP contribution is 1.83. The predicted molar refractivity (Wildman–Crippen MR) is 25.1 cm³/mol. The van der Waals surface area contributed by atoms with Crippen molar-refractivity contribution in [3.05, 3.63) is 0 Å². The minimum Gasteiger partial charge on any atom is -0.303 e. The van der Waals surface area contributed by atoms with Gasteiger partial charge in [0.25, 0.3) is 0 Å². The van der Waals surface area contributed by atoms with Crippen LogP contribution in [0.1, 0.15) is 0 Å². The summed E-state index contributed by atoms with van der Waals surface area (Å²) in [6.07, 6.45) is 0. The van der Waals surface area contributed by atoms with E-state index >= 15 is 0 Å². The number of rotatable bonds is 3. The molecule has 0 atom stereocenters. The van der Waals surface area contributed by atoms with Crippen LogP contribution in [0, 0.1) is 0 Å². The molecule has 46 valence electrons. The number of hydrogen-bond acceptors (Lipinski definition) is 5. The van der Waals surface area contributed by atoms with Crippen LogP contribution in [-0.4, -0.2) is 0 Å². The van der Waals surface area contributed by atoms with Gasteiger partial charge in [-0.05, 0) is 5.22 Å². The van der Waals surface area contributed by atoms with Crippen LogP contribution in [0.25, 0.3) is 0 Å². The predicted octanol–water partition coefficient (Wildman–Crippen LogP) is 0.388. The molecule has 0 saturated heterocycles. The van der Waals surface area contributed by atoms with Crippen molar-refractivity contribution in [3.63, 3.8) is 0 Å². The summed E-state index contributed by atoms with van der Waals surface area (Å²) in [6.45, 7) is 0. The van der Waals surface area contributed by atoms with Gasteiger partial charge in [-0.15, -0.1) is 0 Å². The summed E-state index contributed by atoms with van der Waals surface area (Å²) in [4.78, 5) is 3.75. The lowest BCUT2D eigenvalue weighted by molar-refractivity contribution is -0.197. The fourth-order valence-electron chi connectivity index (χ4n) is 0.0692. The standard InChI is InChI=1S/H3N5O2S/c1-2-3-4-5-6-7-8/h8H,(H2,1,3,5). The number of nitrogens with zero attached hydrogens (tertiary/aromatic N) is 4. The van der Waals surface area contributed by atoms with Crippen molar-refractivity contribution in [2.75, 3.05) is 0 Å². The van der Waals surface area contributed by atoms with Gasteiger partial charge in [0, 0.05) is 18.1 Å². The van der Waals surface area contributed by atoms with Gasteiger partial charge in [0.05, 0.1) is 5.28 Å². The van der Waals surface area contributed by atoms with Gasteiger partial charge in [0.2, 0.25) is 0 Å². The Morgan fingerprint density at radius 1 is 1.38 bits per heavy atom. The van der Waals surface area contributed by atoms with Crippen LogP contribution in [0.3, 0.4) is 0 Å². The van der Waals surface area contributed by atoms with Gasteiger partial charge in [0.1, 0.15) is 0 Å². The molecule has 0 amide bonds. The summed E-state index contributed by atoms with van der Waals surface area (Å²) in [5.74, 6) is 4.50. The van der Waals surface area contributed by atoms with Gasteiger partial charge in [-0.3, -0.25) is 0 Å². The van der Waals surface area contributed by atoms with Gasteiger partial charge in [-0.2, -0.15) is 4.99 Å². The zero-order chi connectivity index (χ0) is 6.24. The second kappa shape index (κ2) is 6.11. The van der Waals surface area contributed by atoms with Gasteiger partial charge >= 0.3 is 0 Å². The fourth-order valence-corrected chi connectivity index (χ4v) is 0.0991. The van der Waals surface area contributed by atoms with Crippen LogP contribution in [0.5, 0.6) is 0 Å². The largest absolute Gasteiger partial charge is 0.303 e. The molecule has 0 rings (SSSR count). The summed E-state index contributed by atoms with van der Waals surface area (Å²) >= 11 is 3.14. The molecule has 0 bridgehead atoms. The Labute approximate surface area is 50.0 Å². The number of thiol groups is 1. The second-order valence-corrected chi connectivity index (χ2v) is 0.674. The van der Waals surface area contributed by atoms with Crippen LogP contribution in [0.2, 0.25) is 0 Å². The first kappa shape index (κ1) is 7.11. The minimum absolute atomic E-state index is 2.71. The van der Waals surface area contributed by atoms with Gasteiger partial charge in [-0.1, -0.05) is 9.56 Å². The molecule has 0 aliphatic heterocycles. The molecule has 8 heteroatoms. The number of nitrogens with two attached hydrogens (primary N) is 1. The Balaban J connectivity index is 3.07. The highest BCUT2D eigenvalue weighted by atomic mass is 32.1. The zero-order valence-corrected chi connectivity index (χ0v) is 4.52. The van der Waals surface area contributed by atoms with Crippen LogP contribution in [0.15, 0.2) is 20.9 Å². The Hall–Kier alpha value is -0.890. The Morgan fingerprint density at radius 3 is 2.62 bits per heavy atom. The maximum Gasteiger partial charge on any atom is 0.0888 e. The smallest absolute Gasteiger partial charge is 0.0888 e. The molecule has 2 N–H and O–H groups in total. The zero-order valence-electron chi connectivity index (χ0n) is 3.63. The molecule has 0 aliphatic carbocycles. The fraction of sp³-hybridized carbons (Fsp3) is 0. The van der Waals surface area contributed by atoms with E-state index in [4.69, 9.17) is 0 Å². The van der Waals surface area contributed by atoms with E-state index in [1.54, 1.807) is 0 Å². The van der Waals surface area contributed by atoms with Crippen LogP contribution in [0.4, 0.5) is 0 Å². The molecule has 0 aliphatic rings. The van der Waals surface area contributed by atoms with Crippen LogP contribution in [-0.2, 0) is 9.32 Å². The molecule has 0 unspecified atom stereocenters. The molecule has 7 nitrogen and oxygen atoms in total. The SMILES string of the molecule is NN=NN=NOOS. The molecular weight excluding hydrogens is 134 g/mol. The molecule has 0 fully saturated rings. The van der Waals surface area contributed by atoms with Crippen molar-refractivity contribution < 1.29 is 9.32 Å². The van der Waals surface area contributed by atoms with Crippen molar-refractivity contribution in [1.82, 2.24) is 0 Å². The third-order valence-corrected chi connectivity index (χ3v) is 0.261. The lowest BCUT2D eigenvalue weighted by Gasteiger charge is -1.78. The molecule has 0 saturated carbocycles. The quantitative estimate of drug-likeness (QED) is 0.147. The summed E-state index contributed by atoms with van der Waals surface area (Å²) in [5.41, 5.74) is 0. The van der Waals surface area contributed by atoms with Gasteiger partial charge in [-0.25, -0.2) is 0 Å². The molecule has 0 heterocycles. The number of hydrogen-bond donors (Lipinski definition) is 2. The molecule has 8 heavy (non-hydrogen) atoms. The van der Waals surface area contributed by atoms with E-state index in [2.05, 4.69) is 49.0 Å². The monoisotopic (exact) mass is 137 g/mol. The lowest BCUT2D eigenvalue weighted by Crippen LogP contribution is -1.72. The van der Waals surface area contributed by atoms with E-state index in [0.29, 0.717) is 0 Å². The first-order valence-corrected chi connectivity index (χ1v) is 1.76. The summed E-state index contributed by atoms with van der Waals surface area (Å²) in [5, 5.41) is 11.2. The van der Waals surface area contributed by atoms with Crippen LogP contribution >= 0.6 is 12.9 Å². The Bertz CT molecular complexity index is 88.4. The topological polar surface area (TPSA) is 93.9 Å². The lowest BCUT2D eigenvalue weighted by atomic mass is 12.5. The molecular formula is H3N5O2S. The van der Waals surface area contributed by atoms with E-state index in [0.717, 1.165) is 0 Å². The second-order valence-electron chi connectivity index (χ2n) is 0.525. The van der Waals surface area contributed by atoms with Crippen molar-refractivity contribution in [2.24, 2.45) is 26.8 Å². The van der Waals surface area contributed by atoms with Crippen molar-refractivity contribution >= 4 is 12.9 Å². The minimum atomic E-state index is 2.71. The van der Waals surface area contributed by atoms with Crippen molar-refractivity contribution in [2.45, 2.75) is 0 Å². The van der Waals surface area contributed by atoms with E-state index < -0.39 is 0 Å². The summed E-state index contributed by atoms with van der Waals surface area (Å²) in [6, 6.07) is 0. The molecule has 0 aromatic carbocycles. The molecule has 0 aromatic heterocycles. The normalized spacial score (nSPS) is 11.1. The average molecular weight is 137 g/mol. The van der Waals surface area contributed by atoms with Gasteiger partial charge < -0.3 is 5.84 Å². The first-order valence-electron chi connectivity index (χ1n) is 1.39. The first-order chi connectivity index (χ1) is 3.91. The summed E-state index contributed by atoms with van der Waals surface area (Å²) < 4.78 is 3.68. The van der Waals surface area contributed by atoms with Gasteiger partial charge in [0.15, 0.2) is 0 Å². The van der Waals surface area contributed by atoms with E-state index in [9.17, 15) is 0 Å². The molecule has 0 aromatic rings. The highest BCUT2D eigenvalue weighted by molar-refractivity contribution is 7.74. The van der Waals surface area contributed by atoms with E-state index in [-0.39, 0.29) is 0 Å². The van der Waals surface area contributed by atoms with Crippen molar-refractivity contribution in [3.8, 4) is 0 Å². The average Bonchev–Trinajstić information content (AvgIpc) is 1.81. The third kappa shape index (κ3) is 5.11. The Kier molecular flexibility index (Phi) is 5.43. The van der Waals surface area contributed by atoms with Crippen LogP contribution < -0.4 is 5.84 Å². The molecule has 0 radical (unpaired) electrons. The molecule has 0 spiro atoms. The van der Waals surface area contributed by atoms with E-state index in [1.165, 1.54) is 0 Å². The summed E-state index contributed by atoms with van der Waals surface area (Å²) in [7, 11) is 0. The maximum atomic E-state index is 4.50.